The van der Waals surface area contributed by atoms with E-state index in [9.17, 15) is 25.0 Å². The summed E-state index contributed by atoms with van der Waals surface area (Å²) in [5.41, 5.74) is -1.02. The van der Waals surface area contributed by atoms with Crippen molar-refractivity contribution in [2.24, 2.45) is 0 Å². The SMILES string of the molecule is COc1ccc(NC(=O)c2cc([N+](=O)[O-])cc([N+](=O)[O-])c2)cc1Cl. The molecule has 124 valence electrons. The third kappa shape index (κ3) is 3.76. The number of carbonyl (C=O) groups excluding carboxylic acids is 1. The number of hydrogen-bond donors (Lipinski definition) is 1. The van der Waals surface area contributed by atoms with E-state index >= 15 is 0 Å². The van der Waals surface area contributed by atoms with Crippen LogP contribution in [0.1, 0.15) is 10.4 Å². The molecule has 2 rings (SSSR count). The summed E-state index contributed by atoms with van der Waals surface area (Å²) in [6, 6.07) is 7.13. The van der Waals surface area contributed by atoms with Crippen LogP contribution in [0.15, 0.2) is 36.4 Å². The van der Waals surface area contributed by atoms with Gasteiger partial charge in [0.25, 0.3) is 17.3 Å². The topological polar surface area (TPSA) is 125 Å². The quantitative estimate of drug-likeness (QED) is 0.650. The molecule has 0 fully saturated rings. The molecule has 0 unspecified atom stereocenters. The number of hydrogen-bond acceptors (Lipinski definition) is 6. The van der Waals surface area contributed by atoms with Crippen molar-refractivity contribution in [1.82, 2.24) is 0 Å². The summed E-state index contributed by atoms with van der Waals surface area (Å²) in [6.45, 7) is 0. The predicted octanol–water partition coefficient (Wildman–Crippen LogP) is 3.42. The molecule has 0 saturated heterocycles. The van der Waals surface area contributed by atoms with Gasteiger partial charge in [0.1, 0.15) is 5.75 Å². The first kappa shape index (κ1) is 17.2. The maximum absolute atomic E-state index is 12.2. The van der Waals surface area contributed by atoms with Crippen LogP contribution in [-0.2, 0) is 0 Å². The Morgan fingerprint density at radius 2 is 1.67 bits per heavy atom. The molecule has 0 aromatic heterocycles. The molecule has 1 amide bonds. The van der Waals surface area contributed by atoms with Crippen molar-refractivity contribution >= 4 is 34.6 Å². The lowest BCUT2D eigenvalue weighted by molar-refractivity contribution is -0.394. The molecule has 0 aliphatic carbocycles. The second-order valence-corrected chi connectivity index (χ2v) is 4.96. The number of non-ortho nitro benzene ring substituents is 2. The summed E-state index contributed by atoms with van der Waals surface area (Å²) in [6.07, 6.45) is 0. The summed E-state index contributed by atoms with van der Waals surface area (Å²) in [5.74, 6) is -0.344. The number of methoxy groups -OCH3 is 1. The Morgan fingerprint density at radius 3 is 2.12 bits per heavy atom. The molecule has 2 aromatic carbocycles. The van der Waals surface area contributed by atoms with Crippen molar-refractivity contribution in [2.75, 3.05) is 12.4 Å². The molecule has 0 spiro atoms. The Kier molecular flexibility index (Phi) is 4.95. The fourth-order valence-corrected chi connectivity index (χ4v) is 2.14. The summed E-state index contributed by atoms with van der Waals surface area (Å²) in [5, 5.41) is 24.4. The Morgan fingerprint density at radius 1 is 1.08 bits per heavy atom. The Balaban J connectivity index is 2.33. The van der Waals surface area contributed by atoms with E-state index in [2.05, 4.69) is 5.32 Å². The summed E-state index contributed by atoms with van der Waals surface area (Å²) >= 11 is 5.94. The minimum absolute atomic E-state index is 0.220. The largest absolute Gasteiger partial charge is 0.495 e. The molecule has 0 radical (unpaired) electrons. The van der Waals surface area contributed by atoms with Crippen molar-refractivity contribution < 1.29 is 19.4 Å². The molecule has 24 heavy (non-hydrogen) atoms. The van der Waals surface area contributed by atoms with Crippen LogP contribution in [0.4, 0.5) is 17.1 Å². The molecule has 1 N–H and O–H groups in total. The zero-order chi connectivity index (χ0) is 17.9. The number of nitrogens with zero attached hydrogens (tertiary/aromatic N) is 2. The van der Waals surface area contributed by atoms with Crippen LogP contribution in [0.3, 0.4) is 0 Å². The van der Waals surface area contributed by atoms with E-state index < -0.39 is 27.1 Å². The lowest BCUT2D eigenvalue weighted by Crippen LogP contribution is -2.12. The second-order valence-electron chi connectivity index (χ2n) is 4.56. The van der Waals surface area contributed by atoms with E-state index in [-0.39, 0.29) is 10.6 Å². The monoisotopic (exact) mass is 351 g/mol. The van der Waals surface area contributed by atoms with Gasteiger partial charge in [-0.25, -0.2) is 0 Å². The Labute approximate surface area is 140 Å². The standard InChI is InChI=1S/C14H10ClN3O6/c1-24-13-3-2-9(6-12(13)15)16-14(19)8-4-10(17(20)21)7-11(5-8)18(22)23/h2-7H,1H3,(H,16,19). The number of carbonyl (C=O) groups is 1. The highest BCUT2D eigenvalue weighted by Gasteiger charge is 2.20. The summed E-state index contributed by atoms with van der Waals surface area (Å²) in [7, 11) is 1.43. The van der Waals surface area contributed by atoms with Crippen LogP contribution >= 0.6 is 11.6 Å². The molecule has 10 heteroatoms. The van der Waals surface area contributed by atoms with E-state index in [4.69, 9.17) is 16.3 Å². The van der Waals surface area contributed by atoms with Crippen LogP contribution in [0.25, 0.3) is 0 Å². The van der Waals surface area contributed by atoms with Crippen LogP contribution in [-0.4, -0.2) is 22.9 Å². The number of benzene rings is 2. The van der Waals surface area contributed by atoms with Crippen molar-refractivity contribution in [2.45, 2.75) is 0 Å². The number of halogens is 1. The fourth-order valence-electron chi connectivity index (χ4n) is 1.88. The average Bonchev–Trinajstić information content (AvgIpc) is 2.54. The normalized spacial score (nSPS) is 10.1. The van der Waals surface area contributed by atoms with Gasteiger partial charge in [-0.1, -0.05) is 11.6 Å². The molecule has 9 nitrogen and oxygen atoms in total. The van der Waals surface area contributed by atoms with Crippen LogP contribution in [0, 0.1) is 20.2 Å². The molecule has 0 atom stereocenters. The fraction of sp³-hybridized carbons (Fsp3) is 0.0714. The zero-order valence-corrected chi connectivity index (χ0v) is 12.9. The molecular weight excluding hydrogens is 342 g/mol. The molecule has 0 aliphatic rings. The van der Waals surface area contributed by atoms with Gasteiger partial charge in [0.15, 0.2) is 0 Å². The van der Waals surface area contributed by atoms with E-state index in [0.29, 0.717) is 11.4 Å². The summed E-state index contributed by atoms with van der Waals surface area (Å²) < 4.78 is 4.98. The molecule has 2 aromatic rings. The van der Waals surface area contributed by atoms with E-state index in [1.54, 1.807) is 0 Å². The molecular formula is C14H10ClN3O6. The highest BCUT2D eigenvalue weighted by atomic mass is 35.5. The van der Waals surface area contributed by atoms with Gasteiger partial charge >= 0.3 is 0 Å². The van der Waals surface area contributed by atoms with Gasteiger partial charge in [0.2, 0.25) is 0 Å². The summed E-state index contributed by atoms with van der Waals surface area (Å²) in [4.78, 5) is 32.3. The first-order chi connectivity index (χ1) is 11.3. The lowest BCUT2D eigenvalue weighted by atomic mass is 10.1. The highest BCUT2D eigenvalue weighted by molar-refractivity contribution is 6.32. The van der Waals surface area contributed by atoms with Crippen molar-refractivity contribution in [3.8, 4) is 5.75 Å². The van der Waals surface area contributed by atoms with Gasteiger partial charge in [-0.05, 0) is 18.2 Å². The van der Waals surface area contributed by atoms with Crippen molar-refractivity contribution in [3.63, 3.8) is 0 Å². The second kappa shape index (κ2) is 6.92. The van der Waals surface area contributed by atoms with Crippen LogP contribution in [0.5, 0.6) is 5.75 Å². The van der Waals surface area contributed by atoms with Crippen LogP contribution < -0.4 is 10.1 Å². The number of ether oxygens (including phenoxy) is 1. The van der Waals surface area contributed by atoms with E-state index in [1.165, 1.54) is 25.3 Å². The number of nitro groups is 2. The minimum Gasteiger partial charge on any atom is -0.495 e. The molecule has 0 saturated carbocycles. The first-order valence-electron chi connectivity index (χ1n) is 6.40. The number of nitrogens with one attached hydrogen (secondary N) is 1. The lowest BCUT2D eigenvalue weighted by Gasteiger charge is -2.08. The highest BCUT2D eigenvalue weighted by Crippen LogP contribution is 2.28. The minimum atomic E-state index is -0.811. The first-order valence-corrected chi connectivity index (χ1v) is 6.78. The number of anilines is 1. The van der Waals surface area contributed by atoms with Gasteiger partial charge in [0.05, 0.1) is 33.6 Å². The van der Waals surface area contributed by atoms with Gasteiger partial charge in [-0.15, -0.1) is 0 Å². The van der Waals surface area contributed by atoms with E-state index in [1.807, 2.05) is 0 Å². The van der Waals surface area contributed by atoms with E-state index in [0.717, 1.165) is 18.2 Å². The van der Waals surface area contributed by atoms with Crippen molar-refractivity contribution in [3.05, 3.63) is 67.2 Å². The number of nitro benzene ring substituents is 2. The zero-order valence-electron chi connectivity index (χ0n) is 12.2. The van der Waals surface area contributed by atoms with Gasteiger partial charge in [-0.2, -0.15) is 0 Å². The molecule has 0 heterocycles. The number of rotatable bonds is 5. The predicted molar refractivity (Wildman–Crippen MR) is 85.7 cm³/mol. The van der Waals surface area contributed by atoms with Crippen molar-refractivity contribution in [1.29, 1.82) is 0 Å². The smallest absolute Gasteiger partial charge is 0.277 e. The third-order valence-electron chi connectivity index (χ3n) is 3.00. The maximum Gasteiger partial charge on any atom is 0.277 e. The molecule has 0 aliphatic heterocycles. The van der Waals surface area contributed by atoms with Gasteiger partial charge in [0, 0.05) is 17.8 Å². The average molecular weight is 352 g/mol. The maximum atomic E-state index is 12.2. The Bertz CT molecular complexity index is 807. The van der Waals surface area contributed by atoms with Crippen LogP contribution in [0.2, 0.25) is 5.02 Å². The van der Waals surface area contributed by atoms with Gasteiger partial charge in [-0.3, -0.25) is 25.0 Å². The molecule has 0 bridgehead atoms. The number of amides is 1. The third-order valence-corrected chi connectivity index (χ3v) is 3.29. The Hall–Kier alpha value is -3.20. The van der Waals surface area contributed by atoms with Gasteiger partial charge < -0.3 is 10.1 Å².